The van der Waals surface area contributed by atoms with Crippen LogP contribution in [0.4, 0.5) is 10.6 Å². The summed E-state index contributed by atoms with van der Waals surface area (Å²) in [5, 5.41) is 4.45. The lowest BCUT2D eigenvalue weighted by molar-refractivity contribution is -0.158. The molecule has 2 aliphatic heterocycles. The average molecular weight is 580 g/mol. The van der Waals surface area contributed by atoms with Crippen molar-refractivity contribution in [1.82, 2.24) is 25.2 Å². The second-order valence-electron chi connectivity index (χ2n) is 11.6. The summed E-state index contributed by atoms with van der Waals surface area (Å²) >= 11 is 0. The zero-order chi connectivity index (χ0) is 29.8. The Labute approximate surface area is 246 Å². The molecule has 1 aliphatic carbocycles. The highest BCUT2D eigenvalue weighted by molar-refractivity contribution is 5.97. The van der Waals surface area contributed by atoms with E-state index < -0.39 is 18.1 Å². The van der Waals surface area contributed by atoms with Crippen molar-refractivity contribution in [3.63, 3.8) is 0 Å². The summed E-state index contributed by atoms with van der Waals surface area (Å²) in [6, 6.07) is 10.7. The molecular weight excluding hydrogens is 538 g/mol. The van der Waals surface area contributed by atoms with Crippen LogP contribution in [0, 0.1) is 17.8 Å². The summed E-state index contributed by atoms with van der Waals surface area (Å²) in [5.74, 6) is 1.28. The number of amides is 2. The standard InChI is InChI=1S/C30H41N7O5/c1-4-5-15-41-30(40)42-37-13-11-35(12-14-37)29(39)26(19(2)3)34-28(38)23-16-24(36-17-21-22(18-36)25(21)31)33-27(32-23)20-9-7-6-8-10-20/h6-10,16,19,21-22,25-26H,4-5,11-15,17-18,31H2,1-3H3,(H,34,38)/t21-,22+,25-,26-/m0/s1. The largest absolute Gasteiger partial charge is 0.527 e. The van der Waals surface area contributed by atoms with Crippen LogP contribution >= 0.6 is 0 Å². The predicted octanol–water partition coefficient (Wildman–Crippen LogP) is 2.30. The number of piperidine rings is 1. The van der Waals surface area contributed by atoms with E-state index in [1.165, 1.54) is 5.06 Å². The summed E-state index contributed by atoms with van der Waals surface area (Å²) in [6.07, 6.45) is 0.962. The number of aromatic nitrogens is 2. The molecule has 0 unspecified atom stereocenters. The number of hydroxylamine groups is 2. The van der Waals surface area contributed by atoms with Crippen LogP contribution in [0.2, 0.25) is 0 Å². The monoisotopic (exact) mass is 579 g/mol. The lowest BCUT2D eigenvalue weighted by Crippen LogP contribution is -2.56. The summed E-state index contributed by atoms with van der Waals surface area (Å²) in [7, 11) is 0. The Balaban J connectivity index is 1.25. The molecule has 1 saturated carbocycles. The van der Waals surface area contributed by atoms with Gasteiger partial charge >= 0.3 is 6.16 Å². The summed E-state index contributed by atoms with van der Waals surface area (Å²) < 4.78 is 5.05. The number of ether oxygens (including phenoxy) is 1. The highest BCUT2D eigenvalue weighted by Crippen LogP contribution is 2.45. The molecule has 2 amide bonds. The number of piperazine rings is 1. The van der Waals surface area contributed by atoms with Crippen molar-refractivity contribution >= 4 is 23.8 Å². The SMILES string of the molecule is CCCCOC(=O)ON1CCN(C(=O)[C@@H](NC(=O)c2cc(N3C[C@@H]4[C@H](N)[C@@H]4C3)nc(-c3ccccc3)n2)C(C)C)CC1. The first-order chi connectivity index (χ1) is 20.2. The van der Waals surface area contributed by atoms with Gasteiger partial charge in [-0.15, -0.1) is 5.06 Å². The molecule has 0 spiro atoms. The Hall–Kier alpha value is -3.77. The number of carbonyl (C=O) groups excluding carboxylic acids is 3. The number of anilines is 1. The zero-order valence-corrected chi connectivity index (χ0v) is 24.6. The van der Waals surface area contributed by atoms with Gasteiger partial charge in [-0.3, -0.25) is 9.59 Å². The molecule has 5 rings (SSSR count). The van der Waals surface area contributed by atoms with Gasteiger partial charge in [-0.25, -0.2) is 14.8 Å². The first-order valence-corrected chi connectivity index (χ1v) is 14.9. The van der Waals surface area contributed by atoms with Crippen molar-refractivity contribution in [2.45, 2.75) is 45.7 Å². The third-order valence-electron chi connectivity index (χ3n) is 8.25. The summed E-state index contributed by atoms with van der Waals surface area (Å²) in [5.41, 5.74) is 7.16. The summed E-state index contributed by atoms with van der Waals surface area (Å²) in [4.78, 5) is 57.5. The van der Waals surface area contributed by atoms with Gasteiger partial charge in [-0.2, -0.15) is 0 Å². The van der Waals surface area contributed by atoms with Crippen LogP contribution in [0.15, 0.2) is 36.4 Å². The Kier molecular flexibility index (Phi) is 9.22. The van der Waals surface area contributed by atoms with Crippen LogP contribution in [0.25, 0.3) is 11.4 Å². The van der Waals surface area contributed by atoms with Gasteiger partial charge in [0.2, 0.25) is 5.91 Å². The molecule has 1 aromatic carbocycles. The topological polar surface area (TPSA) is 143 Å². The Morgan fingerprint density at radius 2 is 1.74 bits per heavy atom. The van der Waals surface area contributed by atoms with E-state index >= 15 is 0 Å². The fourth-order valence-electron chi connectivity index (χ4n) is 5.55. The lowest BCUT2D eigenvalue weighted by Gasteiger charge is -2.35. The number of nitrogens with one attached hydrogen (secondary N) is 1. The molecule has 4 atom stereocenters. The first-order valence-electron chi connectivity index (χ1n) is 14.9. The molecule has 2 aromatic rings. The lowest BCUT2D eigenvalue weighted by atomic mass is 10.0. The van der Waals surface area contributed by atoms with Crippen LogP contribution in [-0.4, -0.2) is 95.9 Å². The minimum absolute atomic E-state index is 0.161. The molecule has 1 aromatic heterocycles. The minimum atomic E-state index is -0.750. The normalized spacial score (nSPS) is 22.5. The quantitative estimate of drug-likeness (QED) is 0.318. The van der Waals surface area contributed by atoms with Crippen molar-refractivity contribution in [3.8, 4) is 11.4 Å². The third-order valence-corrected chi connectivity index (χ3v) is 8.25. The molecule has 0 bridgehead atoms. The van der Waals surface area contributed by atoms with Gasteiger partial charge < -0.3 is 30.4 Å². The fourth-order valence-corrected chi connectivity index (χ4v) is 5.55. The number of unbranched alkanes of at least 4 members (excludes halogenated alkanes) is 1. The maximum absolute atomic E-state index is 13.6. The second-order valence-corrected chi connectivity index (χ2v) is 11.6. The van der Waals surface area contributed by atoms with Gasteiger partial charge in [-0.05, 0) is 24.2 Å². The van der Waals surface area contributed by atoms with Crippen LogP contribution in [0.1, 0.15) is 44.1 Å². The molecule has 0 radical (unpaired) electrons. The Morgan fingerprint density at radius 1 is 1.05 bits per heavy atom. The maximum Gasteiger partial charge on any atom is 0.527 e. The first kappa shape index (κ1) is 29.7. The van der Waals surface area contributed by atoms with Gasteiger partial charge in [0, 0.05) is 43.9 Å². The van der Waals surface area contributed by atoms with E-state index in [0.29, 0.717) is 56.3 Å². The average Bonchev–Trinajstić information content (AvgIpc) is 3.37. The third kappa shape index (κ3) is 6.81. The molecule has 2 saturated heterocycles. The van der Waals surface area contributed by atoms with Gasteiger partial charge in [0.25, 0.3) is 5.91 Å². The summed E-state index contributed by atoms with van der Waals surface area (Å²) in [6.45, 7) is 9.15. The molecule has 12 heteroatoms. The molecule has 3 N–H and O–H groups in total. The molecule has 226 valence electrons. The van der Waals surface area contributed by atoms with E-state index in [1.54, 1.807) is 11.0 Å². The smallest absolute Gasteiger partial charge is 0.433 e. The van der Waals surface area contributed by atoms with E-state index in [1.807, 2.05) is 51.1 Å². The van der Waals surface area contributed by atoms with Crippen LogP contribution in [-0.2, 0) is 14.4 Å². The maximum atomic E-state index is 13.6. The minimum Gasteiger partial charge on any atom is -0.433 e. The van der Waals surface area contributed by atoms with Gasteiger partial charge in [0.1, 0.15) is 17.6 Å². The van der Waals surface area contributed by atoms with E-state index in [9.17, 15) is 14.4 Å². The molecule has 3 aliphatic rings. The van der Waals surface area contributed by atoms with E-state index in [0.717, 1.165) is 31.5 Å². The number of nitrogens with two attached hydrogens (primary N) is 1. The number of carbonyl (C=O) groups is 3. The van der Waals surface area contributed by atoms with Gasteiger partial charge in [0.05, 0.1) is 19.7 Å². The predicted molar refractivity (Wildman–Crippen MR) is 156 cm³/mol. The number of nitrogens with zero attached hydrogens (tertiary/aromatic N) is 5. The van der Waals surface area contributed by atoms with Crippen molar-refractivity contribution in [3.05, 3.63) is 42.1 Å². The molecule has 12 nitrogen and oxygen atoms in total. The molecular formula is C30H41N7O5. The van der Waals surface area contributed by atoms with Crippen molar-refractivity contribution < 1.29 is 24.0 Å². The fraction of sp³-hybridized carbons (Fsp3) is 0.567. The highest BCUT2D eigenvalue weighted by Gasteiger charge is 2.54. The van der Waals surface area contributed by atoms with Gasteiger partial charge in [-0.1, -0.05) is 57.5 Å². The van der Waals surface area contributed by atoms with Crippen molar-refractivity contribution in [2.75, 3.05) is 50.8 Å². The highest BCUT2D eigenvalue weighted by atomic mass is 16.8. The number of hydrogen-bond donors (Lipinski definition) is 2. The number of rotatable bonds is 10. The van der Waals surface area contributed by atoms with E-state index in [2.05, 4.69) is 15.2 Å². The Morgan fingerprint density at radius 3 is 2.38 bits per heavy atom. The second kappa shape index (κ2) is 13.0. The van der Waals surface area contributed by atoms with Crippen LogP contribution in [0.5, 0.6) is 0 Å². The number of hydrogen-bond acceptors (Lipinski definition) is 10. The molecule has 42 heavy (non-hydrogen) atoms. The number of fused-ring (bicyclic) bond motifs is 1. The van der Waals surface area contributed by atoms with Crippen molar-refractivity contribution in [1.29, 1.82) is 0 Å². The Bertz CT molecular complexity index is 1260. The number of benzene rings is 1. The van der Waals surface area contributed by atoms with Crippen molar-refractivity contribution in [2.24, 2.45) is 23.5 Å². The van der Waals surface area contributed by atoms with Gasteiger partial charge in [0.15, 0.2) is 5.82 Å². The van der Waals surface area contributed by atoms with Crippen LogP contribution in [0.3, 0.4) is 0 Å². The van der Waals surface area contributed by atoms with E-state index in [-0.39, 0.29) is 23.6 Å². The van der Waals surface area contributed by atoms with E-state index in [4.69, 9.17) is 20.3 Å². The van der Waals surface area contributed by atoms with Crippen LogP contribution < -0.4 is 16.0 Å². The molecule has 3 fully saturated rings. The molecule has 3 heterocycles. The zero-order valence-electron chi connectivity index (χ0n) is 24.6.